The smallest absolute Gasteiger partial charge is 0.462 e. The third-order valence-corrected chi connectivity index (χ3v) is 2.39. The molecule has 19 heavy (non-hydrogen) atoms. The van der Waals surface area contributed by atoms with Crippen molar-refractivity contribution in [2.24, 2.45) is 0 Å². The first kappa shape index (κ1) is 18.0. The highest BCUT2D eigenvalue weighted by Gasteiger charge is 2.22. The predicted molar refractivity (Wildman–Crippen MR) is 64.0 cm³/mol. The standard InChI is InChI=1S/C10H19O8P/c1-3-5-10(12)18-8(6-16-9(11)4-2)7-17-19(13,14)15/h8H,3-7H2,1-2H3,(H2,13,14,15). The molecule has 2 N–H and O–H groups in total. The van der Waals surface area contributed by atoms with Crippen LogP contribution < -0.4 is 0 Å². The summed E-state index contributed by atoms with van der Waals surface area (Å²) < 4.78 is 24.4. The zero-order chi connectivity index (χ0) is 14.9. The van der Waals surface area contributed by atoms with Crippen LogP contribution >= 0.6 is 7.82 Å². The van der Waals surface area contributed by atoms with Crippen LogP contribution in [0.15, 0.2) is 0 Å². The van der Waals surface area contributed by atoms with E-state index in [9.17, 15) is 14.2 Å². The quantitative estimate of drug-likeness (QED) is 0.473. The molecule has 0 saturated carbocycles. The van der Waals surface area contributed by atoms with Gasteiger partial charge in [0, 0.05) is 12.8 Å². The number of phosphoric ester groups is 1. The Hall–Kier alpha value is -0.950. The van der Waals surface area contributed by atoms with Crippen molar-refractivity contribution in [3.05, 3.63) is 0 Å². The van der Waals surface area contributed by atoms with Gasteiger partial charge in [0.1, 0.15) is 6.61 Å². The largest absolute Gasteiger partial charge is 0.469 e. The van der Waals surface area contributed by atoms with E-state index in [1.54, 1.807) is 13.8 Å². The molecule has 0 radical (unpaired) electrons. The molecule has 9 heteroatoms. The molecule has 0 amide bonds. The Balaban J connectivity index is 4.33. The second-order valence-corrected chi connectivity index (χ2v) is 4.92. The lowest BCUT2D eigenvalue weighted by Crippen LogP contribution is -2.29. The monoisotopic (exact) mass is 298 g/mol. The van der Waals surface area contributed by atoms with Crippen LogP contribution in [0.2, 0.25) is 0 Å². The van der Waals surface area contributed by atoms with Crippen molar-refractivity contribution >= 4 is 19.8 Å². The zero-order valence-corrected chi connectivity index (χ0v) is 11.8. The van der Waals surface area contributed by atoms with Crippen molar-refractivity contribution in [3.8, 4) is 0 Å². The van der Waals surface area contributed by atoms with E-state index in [2.05, 4.69) is 4.52 Å². The number of ether oxygens (including phenoxy) is 2. The minimum atomic E-state index is -4.66. The van der Waals surface area contributed by atoms with Crippen molar-refractivity contribution in [2.75, 3.05) is 13.2 Å². The molecule has 0 aromatic heterocycles. The first-order chi connectivity index (χ1) is 8.78. The lowest BCUT2D eigenvalue weighted by Gasteiger charge is -2.18. The van der Waals surface area contributed by atoms with Gasteiger partial charge in [-0.3, -0.25) is 14.1 Å². The van der Waals surface area contributed by atoms with E-state index in [1.165, 1.54) is 0 Å². The summed E-state index contributed by atoms with van der Waals surface area (Å²) in [6.45, 7) is 2.52. The summed E-state index contributed by atoms with van der Waals surface area (Å²) >= 11 is 0. The van der Waals surface area contributed by atoms with Gasteiger partial charge >= 0.3 is 19.8 Å². The molecule has 0 aliphatic rings. The van der Waals surface area contributed by atoms with E-state index in [4.69, 9.17) is 19.3 Å². The molecule has 0 bridgehead atoms. The van der Waals surface area contributed by atoms with E-state index in [-0.39, 0.29) is 19.4 Å². The topological polar surface area (TPSA) is 119 Å². The van der Waals surface area contributed by atoms with Crippen LogP contribution in [0.3, 0.4) is 0 Å². The Kier molecular flexibility index (Phi) is 8.58. The Morgan fingerprint density at radius 2 is 1.79 bits per heavy atom. The highest BCUT2D eigenvalue weighted by molar-refractivity contribution is 7.46. The van der Waals surface area contributed by atoms with Crippen molar-refractivity contribution in [3.63, 3.8) is 0 Å². The third kappa shape index (κ3) is 10.6. The first-order valence-corrected chi connectivity index (χ1v) is 7.36. The van der Waals surface area contributed by atoms with E-state index in [0.29, 0.717) is 6.42 Å². The number of carbonyl (C=O) groups excluding carboxylic acids is 2. The molecule has 8 nitrogen and oxygen atoms in total. The SMILES string of the molecule is CCCC(=O)OC(COC(=O)CC)COP(=O)(O)O. The second kappa shape index (κ2) is 9.03. The Labute approximate surface area is 111 Å². The highest BCUT2D eigenvalue weighted by atomic mass is 31.2. The number of rotatable bonds is 9. The minimum Gasteiger partial charge on any atom is -0.462 e. The van der Waals surface area contributed by atoms with Crippen molar-refractivity contribution < 1.29 is 37.9 Å². The summed E-state index contributed by atoms with van der Waals surface area (Å²) in [5.74, 6) is -1.05. The zero-order valence-electron chi connectivity index (χ0n) is 10.9. The van der Waals surface area contributed by atoms with Crippen LogP contribution in [0.25, 0.3) is 0 Å². The molecule has 0 aromatic carbocycles. The second-order valence-electron chi connectivity index (χ2n) is 3.68. The summed E-state index contributed by atoms with van der Waals surface area (Å²) in [6, 6.07) is 0. The summed E-state index contributed by atoms with van der Waals surface area (Å²) in [5, 5.41) is 0. The van der Waals surface area contributed by atoms with Crippen LogP contribution in [0.5, 0.6) is 0 Å². The fourth-order valence-electron chi connectivity index (χ4n) is 1.03. The normalized spacial score (nSPS) is 12.8. The maximum atomic E-state index is 11.3. The average Bonchev–Trinajstić information content (AvgIpc) is 2.31. The van der Waals surface area contributed by atoms with Crippen molar-refractivity contribution in [1.29, 1.82) is 0 Å². The van der Waals surface area contributed by atoms with Gasteiger partial charge in [0.15, 0.2) is 6.10 Å². The average molecular weight is 298 g/mol. The molecule has 0 rings (SSSR count). The van der Waals surface area contributed by atoms with Gasteiger partial charge in [0.05, 0.1) is 6.61 Å². The fraction of sp³-hybridized carbons (Fsp3) is 0.800. The maximum absolute atomic E-state index is 11.3. The molecule has 0 heterocycles. The van der Waals surface area contributed by atoms with Gasteiger partial charge in [-0.2, -0.15) is 0 Å². The van der Waals surface area contributed by atoms with Gasteiger partial charge in [-0.15, -0.1) is 0 Å². The molecule has 0 aromatic rings. The summed E-state index contributed by atoms with van der Waals surface area (Å²) in [4.78, 5) is 39.4. The number of hydrogen-bond acceptors (Lipinski definition) is 6. The molecular weight excluding hydrogens is 279 g/mol. The van der Waals surface area contributed by atoms with Crippen LogP contribution in [0.4, 0.5) is 0 Å². The predicted octanol–water partition coefficient (Wildman–Crippen LogP) is 0.761. The summed E-state index contributed by atoms with van der Waals surface area (Å²) in [7, 11) is -4.66. The van der Waals surface area contributed by atoms with Crippen molar-refractivity contribution in [2.45, 2.75) is 39.2 Å². The van der Waals surface area contributed by atoms with Crippen LogP contribution in [0, 0.1) is 0 Å². The highest BCUT2D eigenvalue weighted by Crippen LogP contribution is 2.35. The Morgan fingerprint density at radius 1 is 1.16 bits per heavy atom. The minimum absolute atomic E-state index is 0.148. The molecule has 0 fully saturated rings. The van der Waals surface area contributed by atoms with E-state index >= 15 is 0 Å². The molecule has 0 aliphatic heterocycles. The van der Waals surface area contributed by atoms with E-state index < -0.39 is 32.5 Å². The van der Waals surface area contributed by atoms with Crippen LogP contribution in [-0.4, -0.2) is 41.0 Å². The molecule has 1 unspecified atom stereocenters. The lowest BCUT2D eigenvalue weighted by atomic mass is 10.3. The molecule has 0 spiro atoms. The molecule has 0 aliphatic carbocycles. The van der Waals surface area contributed by atoms with Gasteiger partial charge in [0.2, 0.25) is 0 Å². The van der Waals surface area contributed by atoms with Crippen LogP contribution in [0.1, 0.15) is 33.1 Å². The van der Waals surface area contributed by atoms with E-state index in [1.807, 2.05) is 0 Å². The number of esters is 2. The number of carbonyl (C=O) groups is 2. The van der Waals surface area contributed by atoms with Gasteiger partial charge in [-0.05, 0) is 6.42 Å². The van der Waals surface area contributed by atoms with E-state index in [0.717, 1.165) is 0 Å². The number of hydrogen-bond donors (Lipinski definition) is 2. The Bertz CT molecular complexity index is 336. The van der Waals surface area contributed by atoms with Gasteiger partial charge < -0.3 is 19.3 Å². The molecule has 112 valence electrons. The molecule has 1 atom stereocenters. The third-order valence-electron chi connectivity index (χ3n) is 1.90. The molecule has 0 saturated heterocycles. The summed E-state index contributed by atoms with van der Waals surface area (Å²) in [5.41, 5.74) is 0. The number of phosphoric acid groups is 1. The van der Waals surface area contributed by atoms with Gasteiger partial charge in [0.25, 0.3) is 0 Å². The van der Waals surface area contributed by atoms with Crippen molar-refractivity contribution in [1.82, 2.24) is 0 Å². The Morgan fingerprint density at radius 3 is 2.26 bits per heavy atom. The van der Waals surface area contributed by atoms with Crippen LogP contribution in [-0.2, 0) is 28.2 Å². The fourth-order valence-corrected chi connectivity index (χ4v) is 1.39. The summed E-state index contributed by atoms with van der Waals surface area (Å²) in [6.07, 6.45) is -0.162. The molecular formula is C10H19O8P. The lowest BCUT2D eigenvalue weighted by molar-refractivity contribution is -0.161. The first-order valence-electron chi connectivity index (χ1n) is 5.83. The van der Waals surface area contributed by atoms with Gasteiger partial charge in [-0.25, -0.2) is 4.57 Å². The maximum Gasteiger partial charge on any atom is 0.469 e. The van der Waals surface area contributed by atoms with Gasteiger partial charge in [-0.1, -0.05) is 13.8 Å².